The fraction of sp³-hybridized carbons (Fsp3) is 0.250. The van der Waals surface area contributed by atoms with Crippen molar-refractivity contribution in [3.63, 3.8) is 0 Å². The van der Waals surface area contributed by atoms with E-state index in [0.29, 0.717) is 6.01 Å². The minimum absolute atomic E-state index is 0.0205. The number of oxazole rings is 1. The molecule has 0 radical (unpaired) electrons. The molecular formula is C24H23N3O2. The second-order valence-electron chi connectivity index (χ2n) is 7.65. The number of anilines is 2. The van der Waals surface area contributed by atoms with Crippen molar-refractivity contribution in [1.29, 1.82) is 0 Å². The van der Waals surface area contributed by atoms with Crippen LogP contribution in [0.15, 0.2) is 71.1 Å². The molecule has 0 spiro atoms. The van der Waals surface area contributed by atoms with E-state index >= 15 is 0 Å². The molecule has 0 atom stereocenters. The van der Waals surface area contributed by atoms with Crippen molar-refractivity contribution in [2.75, 3.05) is 29.9 Å². The first kappa shape index (κ1) is 17.7. The van der Waals surface area contributed by atoms with Gasteiger partial charge >= 0.3 is 0 Å². The molecular weight excluding hydrogens is 362 g/mol. The number of hydrogen-bond acceptors (Lipinski definition) is 4. The highest BCUT2D eigenvalue weighted by molar-refractivity contribution is 5.97. The van der Waals surface area contributed by atoms with Crippen LogP contribution in [0.2, 0.25) is 0 Å². The highest BCUT2D eigenvalue weighted by atomic mass is 16.4. The van der Waals surface area contributed by atoms with Crippen LogP contribution in [-0.4, -0.2) is 31.0 Å². The molecule has 0 saturated carbocycles. The Bertz CT molecular complexity index is 1140. The number of carbonyl (C=O) groups excluding carboxylic acids is 1. The number of nitrogens with zero attached hydrogens (tertiary/aromatic N) is 3. The fourth-order valence-electron chi connectivity index (χ4n) is 4.10. The van der Waals surface area contributed by atoms with Gasteiger partial charge < -0.3 is 14.2 Å². The number of rotatable bonds is 3. The maximum absolute atomic E-state index is 13.1. The molecule has 29 heavy (non-hydrogen) atoms. The molecule has 0 bridgehead atoms. The summed E-state index contributed by atoms with van der Waals surface area (Å²) in [6, 6.07) is 22.8. The highest BCUT2D eigenvalue weighted by Crippen LogP contribution is 2.29. The van der Waals surface area contributed by atoms with Crippen LogP contribution in [-0.2, 0) is 4.79 Å². The Morgan fingerprint density at radius 1 is 1.00 bits per heavy atom. The van der Waals surface area contributed by atoms with Crippen molar-refractivity contribution < 1.29 is 9.21 Å². The summed E-state index contributed by atoms with van der Waals surface area (Å²) < 4.78 is 5.88. The molecule has 1 aromatic heterocycles. The van der Waals surface area contributed by atoms with E-state index in [0.717, 1.165) is 48.1 Å². The van der Waals surface area contributed by atoms with Crippen molar-refractivity contribution >= 4 is 39.5 Å². The minimum atomic E-state index is 0.0205. The van der Waals surface area contributed by atoms with Gasteiger partial charge in [0.2, 0.25) is 5.91 Å². The lowest BCUT2D eigenvalue weighted by atomic mass is 9.95. The predicted molar refractivity (Wildman–Crippen MR) is 116 cm³/mol. The summed E-state index contributed by atoms with van der Waals surface area (Å²) in [5.41, 5.74) is 2.61. The fourth-order valence-corrected chi connectivity index (χ4v) is 4.10. The quantitative estimate of drug-likeness (QED) is 0.505. The number of carbonyl (C=O) groups is 1. The normalized spacial score (nSPS) is 15.1. The standard InChI is InChI=1S/C24H23N3O2/c1-26(20-11-10-17-6-2-3-7-19(17)16-20)23(28)18-12-14-27(15-13-18)24-25-21-8-4-5-9-22(21)29-24/h2-11,16,18H,12-15H2,1H3. The summed E-state index contributed by atoms with van der Waals surface area (Å²) in [6.45, 7) is 1.55. The SMILES string of the molecule is CN(C(=O)C1CCN(c2nc3ccccc3o2)CC1)c1ccc2ccccc2c1. The lowest BCUT2D eigenvalue weighted by Crippen LogP contribution is -2.41. The molecule has 1 aliphatic heterocycles. The van der Waals surface area contributed by atoms with Crippen molar-refractivity contribution in [3.8, 4) is 0 Å². The first-order valence-corrected chi connectivity index (χ1v) is 10.1. The zero-order valence-corrected chi connectivity index (χ0v) is 16.4. The summed E-state index contributed by atoms with van der Waals surface area (Å²) in [5.74, 6) is 0.199. The topological polar surface area (TPSA) is 49.6 Å². The average Bonchev–Trinajstić information content (AvgIpc) is 3.22. The third-order valence-corrected chi connectivity index (χ3v) is 5.85. The van der Waals surface area contributed by atoms with E-state index in [-0.39, 0.29) is 11.8 Å². The highest BCUT2D eigenvalue weighted by Gasteiger charge is 2.29. The Morgan fingerprint density at radius 3 is 2.52 bits per heavy atom. The molecule has 0 N–H and O–H groups in total. The largest absolute Gasteiger partial charge is 0.423 e. The zero-order valence-electron chi connectivity index (χ0n) is 16.4. The molecule has 1 saturated heterocycles. The number of piperidine rings is 1. The van der Waals surface area contributed by atoms with Crippen LogP contribution < -0.4 is 9.80 Å². The summed E-state index contributed by atoms with van der Waals surface area (Å²) in [6.07, 6.45) is 1.60. The van der Waals surface area contributed by atoms with Crippen LogP contribution in [0.25, 0.3) is 21.9 Å². The van der Waals surface area contributed by atoms with Crippen LogP contribution in [0.5, 0.6) is 0 Å². The first-order valence-electron chi connectivity index (χ1n) is 10.1. The Morgan fingerprint density at radius 2 is 1.72 bits per heavy atom. The van der Waals surface area contributed by atoms with E-state index < -0.39 is 0 Å². The number of benzene rings is 3. The van der Waals surface area contributed by atoms with Crippen molar-refractivity contribution in [3.05, 3.63) is 66.7 Å². The van der Waals surface area contributed by atoms with E-state index in [1.54, 1.807) is 4.90 Å². The van der Waals surface area contributed by atoms with E-state index in [9.17, 15) is 4.79 Å². The first-order chi connectivity index (χ1) is 14.2. The summed E-state index contributed by atoms with van der Waals surface area (Å²) >= 11 is 0. The Labute approximate surface area is 169 Å². The van der Waals surface area contributed by atoms with Gasteiger partial charge in [-0.2, -0.15) is 4.98 Å². The van der Waals surface area contributed by atoms with Gasteiger partial charge in [0.25, 0.3) is 6.01 Å². The molecule has 1 amide bonds. The summed E-state index contributed by atoms with van der Waals surface area (Å²) in [4.78, 5) is 21.6. The third-order valence-electron chi connectivity index (χ3n) is 5.85. The predicted octanol–water partition coefficient (Wildman–Crippen LogP) is 4.86. The maximum Gasteiger partial charge on any atom is 0.298 e. The molecule has 2 heterocycles. The summed E-state index contributed by atoms with van der Waals surface area (Å²) in [5, 5.41) is 2.33. The Hall–Kier alpha value is -3.34. The molecule has 3 aromatic carbocycles. The smallest absolute Gasteiger partial charge is 0.298 e. The molecule has 1 aliphatic rings. The van der Waals surface area contributed by atoms with Gasteiger partial charge in [-0.05, 0) is 47.9 Å². The van der Waals surface area contributed by atoms with Crippen LogP contribution >= 0.6 is 0 Å². The van der Waals surface area contributed by atoms with Crippen molar-refractivity contribution in [2.45, 2.75) is 12.8 Å². The second-order valence-corrected chi connectivity index (χ2v) is 7.65. The van der Waals surface area contributed by atoms with Gasteiger partial charge in [-0.15, -0.1) is 0 Å². The number of hydrogen-bond donors (Lipinski definition) is 0. The molecule has 5 heteroatoms. The van der Waals surface area contributed by atoms with Gasteiger partial charge in [0.1, 0.15) is 5.52 Å². The van der Waals surface area contributed by atoms with Crippen LogP contribution in [0, 0.1) is 5.92 Å². The van der Waals surface area contributed by atoms with Crippen molar-refractivity contribution in [2.24, 2.45) is 5.92 Å². The number of fused-ring (bicyclic) bond motifs is 2. The monoisotopic (exact) mass is 385 g/mol. The van der Waals surface area contributed by atoms with Crippen LogP contribution in [0.3, 0.4) is 0 Å². The summed E-state index contributed by atoms with van der Waals surface area (Å²) in [7, 11) is 1.87. The van der Waals surface area contributed by atoms with Gasteiger partial charge in [0.15, 0.2) is 5.58 Å². The number of aromatic nitrogens is 1. The second kappa shape index (κ2) is 7.24. The van der Waals surface area contributed by atoms with E-state index in [2.05, 4.69) is 34.1 Å². The Balaban J connectivity index is 1.27. The Kier molecular flexibility index (Phi) is 4.43. The molecule has 0 unspecified atom stereocenters. The molecule has 146 valence electrons. The van der Waals surface area contributed by atoms with E-state index in [4.69, 9.17) is 4.42 Å². The molecule has 5 rings (SSSR count). The minimum Gasteiger partial charge on any atom is -0.423 e. The third kappa shape index (κ3) is 3.33. The average molecular weight is 385 g/mol. The van der Waals surface area contributed by atoms with Gasteiger partial charge in [0, 0.05) is 31.7 Å². The van der Waals surface area contributed by atoms with Crippen molar-refractivity contribution in [1.82, 2.24) is 4.98 Å². The molecule has 0 aliphatic carbocycles. The number of para-hydroxylation sites is 2. The van der Waals surface area contributed by atoms with Gasteiger partial charge in [-0.3, -0.25) is 4.79 Å². The van der Waals surface area contributed by atoms with Gasteiger partial charge in [-0.25, -0.2) is 0 Å². The van der Waals surface area contributed by atoms with Crippen LogP contribution in [0.1, 0.15) is 12.8 Å². The van der Waals surface area contributed by atoms with E-state index in [1.807, 2.05) is 49.5 Å². The lowest BCUT2D eigenvalue weighted by molar-refractivity contribution is -0.122. The lowest BCUT2D eigenvalue weighted by Gasteiger charge is -2.32. The maximum atomic E-state index is 13.1. The zero-order chi connectivity index (χ0) is 19.8. The van der Waals surface area contributed by atoms with Gasteiger partial charge in [-0.1, -0.05) is 42.5 Å². The number of amides is 1. The molecule has 5 nitrogen and oxygen atoms in total. The van der Waals surface area contributed by atoms with Gasteiger partial charge in [0.05, 0.1) is 0 Å². The molecule has 4 aromatic rings. The molecule has 1 fully saturated rings. The van der Waals surface area contributed by atoms with Crippen LogP contribution in [0.4, 0.5) is 11.7 Å². The van der Waals surface area contributed by atoms with E-state index in [1.165, 1.54) is 5.39 Å².